The molecule has 0 unspecified atom stereocenters. The molecule has 3 rings (SSSR count). The minimum atomic E-state index is 0.984. The van der Waals surface area contributed by atoms with E-state index in [1.807, 2.05) is 42.5 Å². The first kappa shape index (κ1) is 9.85. The third kappa shape index (κ3) is 2.11. The highest BCUT2D eigenvalue weighted by Crippen LogP contribution is 2.23. The number of nitrogens with zero attached hydrogens (tertiary/aromatic N) is 1. The Hall–Kier alpha value is -2.35. The van der Waals surface area contributed by atoms with Gasteiger partial charge in [-0.2, -0.15) is 0 Å². The van der Waals surface area contributed by atoms with Gasteiger partial charge in [0, 0.05) is 11.9 Å². The van der Waals surface area contributed by atoms with Gasteiger partial charge in [0.15, 0.2) is 0 Å². The van der Waals surface area contributed by atoms with Gasteiger partial charge in [0.25, 0.3) is 0 Å². The van der Waals surface area contributed by atoms with E-state index in [2.05, 4.69) is 28.5 Å². The van der Waals surface area contributed by atoms with Crippen molar-refractivity contribution in [3.8, 4) is 0 Å². The van der Waals surface area contributed by atoms with Gasteiger partial charge in [-0.05, 0) is 35.9 Å². The average Bonchev–Trinajstić information content (AvgIpc) is 2.40. The fraction of sp³-hybridized carbons (Fsp3) is 0. The van der Waals surface area contributed by atoms with Gasteiger partial charge in [0.05, 0.1) is 11.4 Å². The lowest BCUT2D eigenvalue weighted by Crippen LogP contribution is -2.03. The molecule has 0 fully saturated rings. The molecule has 2 heterocycles. The Morgan fingerprint density at radius 1 is 0.941 bits per heavy atom. The van der Waals surface area contributed by atoms with E-state index in [9.17, 15) is 0 Å². The standard InChI is InChI=1S/C15H12N2/c1-2-5-12(6-3-1)11-13-8-9-14-15(17-13)7-4-10-16-14/h1-11,17H. The lowest BCUT2D eigenvalue weighted by molar-refractivity contribution is 1.27. The predicted molar refractivity (Wildman–Crippen MR) is 71.3 cm³/mol. The first-order valence-electron chi connectivity index (χ1n) is 5.59. The van der Waals surface area contributed by atoms with Crippen molar-refractivity contribution in [1.29, 1.82) is 0 Å². The Labute approximate surface area is 100 Å². The van der Waals surface area contributed by atoms with E-state index in [4.69, 9.17) is 0 Å². The van der Waals surface area contributed by atoms with Crippen LogP contribution < -0.4 is 5.32 Å². The lowest BCUT2D eigenvalue weighted by atomic mass is 10.1. The van der Waals surface area contributed by atoms with Crippen LogP contribution in [0.5, 0.6) is 0 Å². The Morgan fingerprint density at radius 3 is 2.71 bits per heavy atom. The highest BCUT2D eigenvalue weighted by Gasteiger charge is 2.06. The van der Waals surface area contributed by atoms with Crippen molar-refractivity contribution in [3.63, 3.8) is 0 Å². The summed E-state index contributed by atoms with van der Waals surface area (Å²) in [5.74, 6) is 0. The second kappa shape index (κ2) is 4.26. The molecular formula is C15H12N2. The SMILES string of the molecule is C1=Cc2ncccc2NC1=Cc1ccccc1. The van der Waals surface area contributed by atoms with E-state index in [-0.39, 0.29) is 0 Å². The van der Waals surface area contributed by atoms with Crippen LogP contribution in [0.15, 0.2) is 60.4 Å². The van der Waals surface area contributed by atoms with Crippen molar-refractivity contribution < 1.29 is 0 Å². The third-order valence-corrected chi connectivity index (χ3v) is 2.66. The minimum absolute atomic E-state index is 0.984. The maximum absolute atomic E-state index is 4.28. The molecule has 1 N–H and O–H groups in total. The fourth-order valence-corrected chi connectivity index (χ4v) is 1.83. The van der Waals surface area contributed by atoms with Crippen molar-refractivity contribution in [2.75, 3.05) is 5.32 Å². The lowest BCUT2D eigenvalue weighted by Gasteiger charge is -2.14. The minimum Gasteiger partial charge on any atom is -0.354 e. The van der Waals surface area contributed by atoms with Crippen LogP contribution in [0.2, 0.25) is 0 Å². The number of anilines is 1. The molecule has 1 aromatic heterocycles. The maximum atomic E-state index is 4.28. The number of allylic oxidation sites excluding steroid dienone is 1. The molecule has 2 heteroatoms. The number of hydrogen-bond acceptors (Lipinski definition) is 2. The summed E-state index contributed by atoms with van der Waals surface area (Å²) in [6, 6.07) is 14.2. The summed E-state index contributed by atoms with van der Waals surface area (Å²) in [6.45, 7) is 0. The molecule has 82 valence electrons. The van der Waals surface area contributed by atoms with Crippen molar-refractivity contribution in [3.05, 3.63) is 71.7 Å². The summed E-state index contributed by atoms with van der Waals surface area (Å²) in [5, 5.41) is 3.36. The molecule has 0 atom stereocenters. The zero-order valence-electron chi connectivity index (χ0n) is 9.30. The molecule has 0 saturated carbocycles. The largest absolute Gasteiger partial charge is 0.354 e. The van der Waals surface area contributed by atoms with Gasteiger partial charge in [-0.3, -0.25) is 4.98 Å². The molecule has 2 nitrogen and oxygen atoms in total. The van der Waals surface area contributed by atoms with Crippen molar-refractivity contribution in [2.24, 2.45) is 0 Å². The molecule has 0 aliphatic carbocycles. The molecule has 0 saturated heterocycles. The first-order chi connectivity index (χ1) is 8.42. The number of fused-ring (bicyclic) bond motifs is 1. The fourth-order valence-electron chi connectivity index (χ4n) is 1.83. The monoisotopic (exact) mass is 220 g/mol. The van der Waals surface area contributed by atoms with E-state index >= 15 is 0 Å². The Bertz CT molecular complexity index is 583. The zero-order valence-corrected chi connectivity index (χ0v) is 9.30. The first-order valence-corrected chi connectivity index (χ1v) is 5.59. The van der Waals surface area contributed by atoms with Gasteiger partial charge in [0.1, 0.15) is 0 Å². The summed E-state index contributed by atoms with van der Waals surface area (Å²) in [7, 11) is 0. The van der Waals surface area contributed by atoms with Gasteiger partial charge >= 0.3 is 0 Å². The smallest absolute Gasteiger partial charge is 0.0865 e. The van der Waals surface area contributed by atoms with E-state index in [1.54, 1.807) is 6.20 Å². The van der Waals surface area contributed by atoms with E-state index < -0.39 is 0 Å². The number of aromatic nitrogens is 1. The van der Waals surface area contributed by atoms with Crippen LogP contribution in [0.25, 0.3) is 12.2 Å². The third-order valence-electron chi connectivity index (χ3n) is 2.66. The molecular weight excluding hydrogens is 208 g/mol. The van der Waals surface area contributed by atoms with Crippen molar-refractivity contribution >= 4 is 17.8 Å². The summed E-state index contributed by atoms with van der Waals surface area (Å²) in [6.07, 6.45) is 7.99. The number of benzene rings is 1. The quantitative estimate of drug-likeness (QED) is 0.794. The molecule has 1 aliphatic rings. The Kier molecular flexibility index (Phi) is 2.47. The second-order valence-corrected chi connectivity index (χ2v) is 3.90. The molecule has 1 aromatic carbocycles. The molecule has 1 aliphatic heterocycles. The number of nitrogens with one attached hydrogen (secondary N) is 1. The van der Waals surface area contributed by atoms with E-state index in [1.165, 1.54) is 5.56 Å². The molecule has 0 radical (unpaired) electrons. The normalized spacial score (nSPS) is 15.4. The number of pyridine rings is 1. The molecule has 0 amide bonds. The predicted octanol–water partition coefficient (Wildman–Crippen LogP) is 3.56. The van der Waals surface area contributed by atoms with Gasteiger partial charge < -0.3 is 5.32 Å². The Balaban J connectivity index is 1.93. The van der Waals surface area contributed by atoms with Crippen LogP contribution in [0.3, 0.4) is 0 Å². The number of hydrogen-bond donors (Lipinski definition) is 1. The highest BCUT2D eigenvalue weighted by molar-refractivity contribution is 5.76. The van der Waals surface area contributed by atoms with Crippen LogP contribution in [-0.4, -0.2) is 4.98 Å². The summed E-state index contributed by atoms with van der Waals surface area (Å²) >= 11 is 0. The van der Waals surface area contributed by atoms with Gasteiger partial charge in [0.2, 0.25) is 0 Å². The van der Waals surface area contributed by atoms with Crippen molar-refractivity contribution in [2.45, 2.75) is 0 Å². The second-order valence-electron chi connectivity index (χ2n) is 3.90. The van der Waals surface area contributed by atoms with Gasteiger partial charge in [-0.1, -0.05) is 30.3 Å². The van der Waals surface area contributed by atoms with Crippen LogP contribution in [0, 0.1) is 0 Å². The zero-order chi connectivity index (χ0) is 11.5. The van der Waals surface area contributed by atoms with Crippen LogP contribution in [-0.2, 0) is 0 Å². The summed E-state index contributed by atoms with van der Waals surface area (Å²) in [4.78, 5) is 4.28. The molecule has 2 aromatic rings. The maximum Gasteiger partial charge on any atom is 0.0865 e. The highest BCUT2D eigenvalue weighted by atomic mass is 14.9. The van der Waals surface area contributed by atoms with E-state index in [0.29, 0.717) is 0 Å². The molecule has 0 bridgehead atoms. The van der Waals surface area contributed by atoms with Crippen LogP contribution >= 0.6 is 0 Å². The van der Waals surface area contributed by atoms with Crippen molar-refractivity contribution in [1.82, 2.24) is 4.98 Å². The van der Waals surface area contributed by atoms with Gasteiger partial charge in [-0.25, -0.2) is 0 Å². The molecule has 17 heavy (non-hydrogen) atoms. The van der Waals surface area contributed by atoms with Crippen LogP contribution in [0.4, 0.5) is 5.69 Å². The van der Waals surface area contributed by atoms with Crippen LogP contribution in [0.1, 0.15) is 11.3 Å². The number of rotatable bonds is 1. The Morgan fingerprint density at radius 2 is 1.82 bits per heavy atom. The van der Waals surface area contributed by atoms with Gasteiger partial charge in [-0.15, -0.1) is 0 Å². The van der Waals surface area contributed by atoms with E-state index in [0.717, 1.165) is 17.1 Å². The topological polar surface area (TPSA) is 24.9 Å². The average molecular weight is 220 g/mol. The summed E-state index contributed by atoms with van der Waals surface area (Å²) < 4.78 is 0. The molecule has 0 spiro atoms. The summed E-state index contributed by atoms with van der Waals surface area (Å²) in [5.41, 5.74) is 4.30.